The minimum Gasteiger partial charge on any atom is -0.356 e. The van der Waals surface area contributed by atoms with E-state index in [0.717, 1.165) is 0 Å². The predicted octanol–water partition coefficient (Wildman–Crippen LogP) is 1.45. The molecule has 0 aromatic heterocycles. The van der Waals surface area contributed by atoms with Gasteiger partial charge in [-0.25, -0.2) is 0 Å². The van der Waals surface area contributed by atoms with Crippen LogP contribution in [0.15, 0.2) is 12.2 Å². The van der Waals surface area contributed by atoms with Crippen molar-refractivity contribution in [1.82, 2.24) is 5.32 Å². The Bertz CT molecular complexity index is 175. The topological polar surface area (TPSA) is 38.3 Å². The summed E-state index contributed by atoms with van der Waals surface area (Å²) >= 11 is 0. The summed E-state index contributed by atoms with van der Waals surface area (Å²) < 4.78 is 5.30. The maximum Gasteiger partial charge on any atom is 0.248 e. The van der Waals surface area contributed by atoms with Gasteiger partial charge in [0.1, 0.15) is 6.23 Å². The Labute approximate surface area is 73.8 Å². The van der Waals surface area contributed by atoms with Gasteiger partial charge in [-0.2, -0.15) is 0 Å². The van der Waals surface area contributed by atoms with Gasteiger partial charge in [-0.1, -0.05) is 6.58 Å². The highest BCUT2D eigenvalue weighted by Gasteiger charge is 2.08. The first-order chi connectivity index (χ1) is 5.43. The largest absolute Gasteiger partial charge is 0.356 e. The Balaban J connectivity index is 3.76. The van der Waals surface area contributed by atoms with E-state index in [1.807, 2.05) is 13.8 Å². The quantitative estimate of drug-likeness (QED) is 0.513. The lowest BCUT2D eigenvalue weighted by atomic mass is 10.3. The van der Waals surface area contributed by atoms with Crippen molar-refractivity contribution < 1.29 is 9.53 Å². The molecule has 0 saturated heterocycles. The number of rotatable bonds is 4. The summed E-state index contributed by atoms with van der Waals surface area (Å²) in [7, 11) is 0. The Hall–Kier alpha value is -0.830. The first-order valence-electron chi connectivity index (χ1n) is 4.05. The number of carbonyl (C=O) groups excluding carboxylic acids is 1. The molecule has 0 aromatic rings. The summed E-state index contributed by atoms with van der Waals surface area (Å²) in [5.74, 6) is -0.164. The van der Waals surface area contributed by atoms with E-state index < -0.39 is 0 Å². The second-order valence-electron chi connectivity index (χ2n) is 3.08. The van der Waals surface area contributed by atoms with Gasteiger partial charge < -0.3 is 10.1 Å². The average molecular weight is 171 g/mol. The van der Waals surface area contributed by atoms with E-state index in [1.54, 1.807) is 13.8 Å². The molecule has 1 atom stereocenters. The van der Waals surface area contributed by atoms with Gasteiger partial charge in [0.05, 0.1) is 6.10 Å². The van der Waals surface area contributed by atoms with E-state index in [2.05, 4.69) is 11.9 Å². The van der Waals surface area contributed by atoms with Crippen molar-refractivity contribution in [3.63, 3.8) is 0 Å². The standard InChI is InChI=1S/C9H17NO2/c1-6(2)9(11)10-8(5)12-7(3)4/h7-8H,1H2,2-5H3,(H,10,11). The monoisotopic (exact) mass is 171 g/mol. The number of hydrogen-bond acceptors (Lipinski definition) is 2. The van der Waals surface area contributed by atoms with E-state index in [4.69, 9.17) is 4.74 Å². The summed E-state index contributed by atoms with van der Waals surface area (Å²) in [5.41, 5.74) is 0.495. The highest BCUT2D eigenvalue weighted by Crippen LogP contribution is 1.95. The van der Waals surface area contributed by atoms with Crippen LogP contribution < -0.4 is 5.32 Å². The van der Waals surface area contributed by atoms with Crippen molar-refractivity contribution in [3.05, 3.63) is 12.2 Å². The van der Waals surface area contributed by atoms with E-state index in [0.29, 0.717) is 5.57 Å². The third-order valence-corrected chi connectivity index (χ3v) is 1.20. The fourth-order valence-electron chi connectivity index (χ4n) is 0.750. The van der Waals surface area contributed by atoms with Gasteiger partial charge in [-0.15, -0.1) is 0 Å². The molecule has 0 fully saturated rings. The predicted molar refractivity (Wildman–Crippen MR) is 48.6 cm³/mol. The lowest BCUT2D eigenvalue weighted by Gasteiger charge is -2.17. The third kappa shape index (κ3) is 4.91. The molecule has 0 rings (SSSR count). The molecule has 0 aliphatic carbocycles. The second kappa shape index (κ2) is 4.93. The van der Waals surface area contributed by atoms with Crippen molar-refractivity contribution in [2.24, 2.45) is 0 Å². The molecule has 0 spiro atoms. The minimum atomic E-state index is -0.255. The van der Waals surface area contributed by atoms with E-state index in [9.17, 15) is 4.79 Å². The normalized spacial score (nSPS) is 12.8. The molecule has 0 bridgehead atoms. The molecule has 0 aliphatic heterocycles. The molecule has 1 unspecified atom stereocenters. The summed E-state index contributed by atoms with van der Waals surface area (Å²) in [5, 5.41) is 2.65. The molecular weight excluding hydrogens is 154 g/mol. The Kier molecular flexibility index (Phi) is 4.59. The molecule has 3 heteroatoms. The van der Waals surface area contributed by atoms with Crippen LogP contribution in [0.1, 0.15) is 27.7 Å². The fourth-order valence-corrected chi connectivity index (χ4v) is 0.750. The van der Waals surface area contributed by atoms with Gasteiger partial charge in [-0.3, -0.25) is 4.79 Å². The molecule has 0 aromatic carbocycles. The van der Waals surface area contributed by atoms with Gasteiger partial charge in [-0.05, 0) is 27.7 Å². The van der Waals surface area contributed by atoms with Crippen LogP contribution >= 0.6 is 0 Å². The lowest BCUT2D eigenvalue weighted by molar-refractivity contribution is -0.122. The third-order valence-electron chi connectivity index (χ3n) is 1.20. The Morgan fingerprint density at radius 1 is 1.42 bits per heavy atom. The fraction of sp³-hybridized carbons (Fsp3) is 0.667. The van der Waals surface area contributed by atoms with Crippen molar-refractivity contribution >= 4 is 5.91 Å². The van der Waals surface area contributed by atoms with Gasteiger partial charge in [0, 0.05) is 5.57 Å². The number of carbonyl (C=O) groups is 1. The zero-order valence-corrected chi connectivity index (χ0v) is 8.18. The van der Waals surface area contributed by atoms with Crippen LogP contribution in [0.3, 0.4) is 0 Å². The van der Waals surface area contributed by atoms with Crippen LogP contribution in [0, 0.1) is 0 Å². The van der Waals surface area contributed by atoms with Crippen molar-refractivity contribution in [2.45, 2.75) is 40.0 Å². The minimum absolute atomic E-state index is 0.116. The SMILES string of the molecule is C=C(C)C(=O)NC(C)OC(C)C. The number of hydrogen-bond donors (Lipinski definition) is 1. The van der Waals surface area contributed by atoms with Gasteiger partial charge in [0.2, 0.25) is 5.91 Å². The van der Waals surface area contributed by atoms with E-state index in [-0.39, 0.29) is 18.2 Å². The molecule has 1 N–H and O–H groups in total. The van der Waals surface area contributed by atoms with Crippen LogP contribution in [0.25, 0.3) is 0 Å². The molecule has 12 heavy (non-hydrogen) atoms. The zero-order chi connectivity index (χ0) is 9.72. The summed E-state index contributed by atoms with van der Waals surface area (Å²) in [4.78, 5) is 11.0. The van der Waals surface area contributed by atoms with Crippen molar-refractivity contribution in [1.29, 1.82) is 0 Å². The van der Waals surface area contributed by atoms with Gasteiger partial charge in [0.15, 0.2) is 0 Å². The molecule has 0 radical (unpaired) electrons. The van der Waals surface area contributed by atoms with Crippen LogP contribution in [0.5, 0.6) is 0 Å². The van der Waals surface area contributed by atoms with E-state index in [1.165, 1.54) is 0 Å². The zero-order valence-electron chi connectivity index (χ0n) is 8.18. The molecule has 0 aliphatic rings. The number of ether oxygens (including phenoxy) is 1. The molecule has 0 heterocycles. The highest BCUT2D eigenvalue weighted by atomic mass is 16.5. The first kappa shape index (κ1) is 11.2. The van der Waals surface area contributed by atoms with E-state index >= 15 is 0 Å². The van der Waals surface area contributed by atoms with Crippen molar-refractivity contribution in [2.75, 3.05) is 0 Å². The lowest BCUT2D eigenvalue weighted by Crippen LogP contribution is -2.36. The van der Waals surface area contributed by atoms with Crippen LogP contribution in [0.2, 0.25) is 0 Å². The maximum absolute atomic E-state index is 11.0. The Morgan fingerprint density at radius 3 is 2.25 bits per heavy atom. The average Bonchev–Trinajstić information content (AvgIpc) is 1.84. The molecule has 70 valence electrons. The molecule has 3 nitrogen and oxygen atoms in total. The number of nitrogens with one attached hydrogen (secondary N) is 1. The highest BCUT2D eigenvalue weighted by molar-refractivity contribution is 5.92. The second-order valence-corrected chi connectivity index (χ2v) is 3.08. The summed E-state index contributed by atoms with van der Waals surface area (Å²) in [6.45, 7) is 10.8. The number of amides is 1. The summed E-state index contributed by atoms with van der Waals surface area (Å²) in [6, 6.07) is 0. The van der Waals surface area contributed by atoms with Crippen LogP contribution in [-0.4, -0.2) is 18.2 Å². The summed E-state index contributed by atoms with van der Waals surface area (Å²) in [6.07, 6.45) is -0.139. The van der Waals surface area contributed by atoms with Gasteiger partial charge in [0.25, 0.3) is 0 Å². The first-order valence-corrected chi connectivity index (χ1v) is 4.05. The van der Waals surface area contributed by atoms with Crippen molar-refractivity contribution in [3.8, 4) is 0 Å². The molecular formula is C9H17NO2. The molecule has 1 amide bonds. The smallest absolute Gasteiger partial charge is 0.248 e. The van der Waals surface area contributed by atoms with Gasteiger partial charge >= 0.3 is 0 Å². The van der Waals surface area contributed by atoms with Crippen LogP contribution in [0.4, 0.5) is 0 Å². The molecule has 0 saturated carbocycles. The Morgan fingerprint density at radius 2 is 1.92 bits per heavy atom. The maximum atomic E-state index is 11.0. The van der Waals surface area contributed by atoms with Crippen LogP contribution in [-0.2, 0) is 9.53 Å².